The van der Waals surface area contributed by atoms with Gasteiger partial charge in [0.15, 0.2) is 0 Å². The molecule has 0 spiro atoms. The van der Waals surface area contributed by atoms with Crippen LogP contribution in [-0.2, 0) is 16.4 Å². The van der Waals surface area contributed by atoms with Crippen LogP contribution < -0.4 is 9.62 Å². The second-order valence-corrected chi connectivity index (χ2v) is 10.2. The highest BCUT2D eigenvalue weighted by Gasteiger charge is 2.31. The lowest BCUT2D eigenvalue weighted by atomic mass is 10.1. The van der Waals surface area contributed by atoms with Gasteiger partial charge in [0.25, 0.3) is 15.9 Å². The molecule has 3 aromatic carbocycles. The van der Waals surface area contributed by atoms with E-state index in [-0.39, 0.29) is 10.8 Å². The van der Waals surface area contributed by atoms with Crippen LogP contribution in [0.15, 0.2) is 70.0 Å². The number of halogens is 1. The van der Waals surface area contributed by atoms with E-state index in [0.717, 1.165) is 26.9 Å². The van der Waals surface area contributed by atoms with E-state index in [1.165, 1.54) is 4.31 Å². The molecule has 0 saturated heterocycles. The van der Waals surface area contributed by atoms with Crippen LogP contribution in [0.3, 0.4) is 0 Å². The molecule has 0 aromatic heterocycles. The Kier molecular flexibility index (Phi) is 5.42. The fraction of sp³-hybridized carbons (Fsp3) is 0.174. The van der Waals surface area contributed by atoms with Crippen molar-refractivity contribution in [1.82, 2.24) is 0 Å². The van der Waals surface area contributed by atoms with Crippen molar-refractivity contribution in [2.75, 3.05) is 16.2 Å². The Morgan fingerprint density at radius 3 is 2.47 bits per heavy atom. The zero-order chi connectivity index (χ0) is 21.5. The van der Waals surface area contributed by atoms with Crippen molar-refractivity contribution in [3.05, 3.63) is 87.4 Å². The Labute approximate surface area is 184 Å². The zero-order valence-corrected chi connectivity index (χ0v) is 19.0. The summed E-state index contributed by atoms with van der Waals surface area (Å²) in [6.45, 7) is 4.28. The van der Waals surface area contributed by atoms with Gasteiger partial charge in [0.05, 0.1) is 10.6 Å². The fourth-order valence-electron chi connectivity index (χ4n) is 3.56. The fourth-order valence-corrected chi connectivity index (χ4v) is 5.33. The number of hydrogen-bond donors (Lipinski definition) is 1. The summed E-state index contributed by atoms with van der Waals surface area (Å²) in [5, 5.41) is 2.96. The van der Waals surface area contributed by atoms with E-state index in [1.807, 2.05) is 32.0 Å². The SMILES string of the molecule is Cc1ccc(C)c(NC(=O)c2ccc3c(c2)CCN3S(=O)(=O)c2ccc(Br)cc2)c1. The average molecular weight is 485 g/mol. The summed E-state index contributed by atoms with van der Waals surface area (Å²) in [4.78, 5) is 13.0. The minimum Gasteiger partial charge on any atom is -0.322 e. The van der Waals surface area contributed by atoms with Gasteiger partial charge in [-0.25, -0.2) is 8.42 Å². The van der Waals surface area contributed by atoms with Crippen molar-refractivity contribution in [2.24, 2.45) is 0 Å². The summed E-state index contributed by atoms with van der Waals surface area (Å²) < 4.78 is 28.4. The number of amides is 1. The first-order valence-electron chi connectivity index (χ1n) is 9.55. The number of fused-ring (bicyclic) bond motifs is 1. The quantitative estimate of drug-likeness (QED) is 0.561. The van der Waals surface area contributed by atoms with E-state index >= 15 is 0 Å². The predicted molar refractivity (Wildman–Crippen MR) is 123 cm³/mol. The molecular weight excluding hydrogens is 464 g/mol. The highest BCUT2D eigenvalue weighted by molar-refractivity contribution is 9.10. The maximum Gasteiger partial charge on any atom is 0.264 e. The maximum absolute atomic E-state index is 13.1. The molecule has 5 nitrogen and oxygen atoms in total. The predicted octanol–water partition coefficient (Wildman–Crippen LogP) is 5.07. The van der Waals surface area contributed by atoms with Crippen LogP contribution in [0, 0.1) is 13.8 Å². The number of rotatable bonds is 4. The molecule has 0 fully saturated rings. The highest BCUT2D eigenvalue weighted by Crippen LogP contribution is 2.34. The number of nitrogens with one attached hydrogen (secondary N) is 1. The van der Waals surface area contributed by atoms with Gasteiger partial charge in [0.2, 0.25) is 0 Å². The third-order valence-corrected chi connectivity index (χ3v) is 7.59. The molecule has 0 radical (unpaired) electrons. The van der Waals surface area contributed by atoms with Crippen molar-refractivity contribution in [2.45, 2.75) is 25.2 Å². The summed E-state index contributed by atoms with van der Waals surface area (Å²) in [5.41, 5.74) is 4.82. The molecular formula is C23H21BrN2O3S. The van der Waals surface area contributed by atoms with Crippen LogP contribution in [0.4, 0.5) is 11.4 Å². The Morgan fingerprint density at radius 2 is 1.73 bits per heavy atom. The molecule has 30 heavy (non-hydrogen) atoms. The summed E-state index contributed by atoms with van der Waals surface area (Å²) in [6.07, 6.45) is 0.565. The van der Waals surface area contributed by atoms with Gasteiger partial charge in [-0.1, -0.05) is 28.1 Å². The summed E-state index contributed by atoms with van der Waals surface area (Å²) in [6, 6.07) is 17.7. The van der Waals surface area contributed by atoms with Gasteiger partial charge in [-0.15, -0.1) is 0 Å². The van der Waals surface area contributed by atoms with Gasteiger partial charge in [-0.3, -0.25) is 9.10 Å². The van der Waals surface area contributed by atoms with Crippen LogP contribution in [0.5, 0.6) is 0 Å². The van der Waals surface area contributed by atoms with Gasteiger partial charge in [-0.05, 0) is 85.5 Å². The normalized spacial score (nSPS) is 13.2. The van der Waals surface area contributed by atoms with Gasteiger partial charge >= 0.3 is 0 Å². The Morgan fingerprint density at radius 1 is 1.00 bits per heavy atom. The van der Waals surface area contributed by atoms with Crippen molar-refractivity contribution in [3.63, 3.8) is 0 Å². The number of carbonyl (C=O) groups excluding carboxylic acids is 1. The highest BCUT2D eigenvalue weighted by atomic mass is 79.9. The number of sulfonamides is 1. The van der Waals surface area contributed by atoms with E-state index < -0.39 is 10.0 Å². The lowest BCUT2D eigenvalue weighted by Crippen LogP contribution is -2.29. The van der Waals surface area contributed by atoms with Gasteiger partial charge in [-0.2, -0.15) is 0 Å². The van der Waals surface area contributed by atoms with Crippen molar-refractivity contribution in [1.29, 1.82) is 0 Å². The molecule has 1 aliphatic rings. The number of benzene rings is 3. The second kappa shape index (κ2) is 7.89. The Balaban J connectivity index is 1.60. The van der Waals surface area contributed by atoms with E-state index in [1.54, 1.807) is 42.5 Å². The largest absolute Gasteiger partial charge is 0.322 e. The third-order valence-electron chi connectivity index (χ3n) is 5.24. The minimum atomic E-state index is -3.65. The smallest absolute Gasteiger partial charge is 0.264 e. The monoisotopic (exact) mass is 484 g/mol. The average Bonchev–Trinajstić information content (AvgIpc) is 3.15. The molecule has 0 atom stereocenters. The molecule has 154 valence electrons. The number of nitrogens with zero attached hydrogens (tertiary/aromatic N) is 1. The van der Waals surface area contributed by atoms with Crippen LogP contribution in [-0.4, -0.2) is 20.9 Å². The summed E-state index contributed by atoms with van der Waals surface area (Å²) >= 11 is 3.33. The maximum atomic E-state index is 13.1. The molecule has 1 amide bonds. The number of hydrogen-bond acceptors (Lipinski definition) is 3. The van der Waals surface area contributed by atoms with Gasteiger partial charge in [0.1, 0.15) is 0 Å². The number of aryl methyl sites for hydroxylation is 2. The molecule has 3 aromatic rings. The molecule has 0 aliphatic carbocycles. The van der Waals surface area contributed by atoms with Crippen LogP contribution in [0.1, 0.15) is 27.0 Å². The first-order valence-corrected chi connectivity index (χ1v) is 11.8. The molecule has 0 bridgehead atoms. The van der Waals surface area contributed by atoms with Crippen molar-refractivity contribution in [3.8, 4) is 0 Å². The number of anilines is 2. The lowest BCUT2D eigenvalue weighted by molar-refractivity contribution is 0.102. The zero-order valence-electron chi connectivity index (χ0n) is 16.6. The Bertz CT molecular complexity index is 1240. The summed E-state index contributed by atoms with van der Waals surface area (Å²) in [7, 11) is -3.65. The topological polar surface area (TPSA) is 66.5 Å². The summed E-state index contributed by atoms with van der Waals surface area (Å²) in [5.74, 6) is -0.208. The molecule has 1 aliphatic heterocycles. The number of carbonyl (C=O) groups is 1. The van der Waals surface area contributed by atoms with Crippen LogP contribution in [0.25, 0.3) is 0 Å². The van der Waals surface area contributed by atoms with E-state index in [0.29, 0.717) is 24.2 Å². The molecule has 0 unspecified atom stereocenters. The second-order valence-electron chi connectivity index (χ2n) is 7.40. The first-order chi connectivity index (χ1) is 14.3. The van der Waals surface area contributed by atoms with Crippen LogP contribution in [0.2, 0.25) is 0 Å². The molecule has 7 heteroatoms. The van der Waals surface area contributed by atoms with E-state index in [9.17, 15) is 13.2 Å². The van der Waals surface area contributed by atoms with Crippen molar-refractivity contribution < 1.29 is 13.2 Å². The molecule has 4 rings (SSSR count). The minimum absolute atomic E-state index is 0.208. The van der Waals surface area contributed by atoms with E-state index in [4.69, 9.17) is 0 Å². The van der Waals surface area contributed by atoms with Gasteiger partial charge < -0.3 is 5.32 Å². The van der Waals surface area contributed by atoms with E-state index in [2.05, 4.69) is 21.2 Å². The lowest BCUT2D eigenvalue weighted by Gasteiger charge is -2.20. The third kappa shape index (κ3) is 3.87. The Hall–Kier alpha value is -2.64. The van der Waals surface area contributed by atoms with Crippen molar-refractivity contribution >= 4 is 43.2 Å². The first kappa shape index (κ1) is 20.6. The van der Waals surface area contributed by atoms with Gasteiger partial charge in [0, 0.05) is 22.3 Å². The van der Waals surface area contributed by atoms with Crippen LogP contribution >= 0.6 is 15.9 Å². The molecule has 1 N–H and O–H groups in total. The molecule has 0 saturated carbocycles. The standard InChI is InChI=1S/C23H21BrN2O3S/c1-15-3-4-16(2)21(13-15)25-23(27)18-5-10-22-17(14-18)11-12-26(22)30(28,29)20-8-6-19(24)7-9-20/h3-10,13-14H,11-12H2,1-2H3,(H,25,27). The molecule has 1 heterocycles.